The number of aryl methyl sites for hydroxylation is 1. The summed E-state index contributed by atoms with van der Waals surface area (Å²) in [5.74, 6) is 0. The lowest BCUT2D eigenvalue weighted by atomic mass is 10.1. The van der Waals surface area contributed by atoms with E-state index in [-0.39, 0.29) is 4.61 Å². The van der Waals surface area contributed by atoms with Crippen molar-refractivity contribution in [2.24, 2.45) is 7.05 Å². The molecule has 35 heavy (non-hydrogen) atoms. The standard InChI is InChI=1S/C29H27N2S.CH2IO/c1-4-31-28(32-27-17-16-22-9-5-6-11-25(22)29(27)31)18-14-21(2)13-15-23-19-20-30(3)26-12-8-7-10-24(23)26;2-1-3/h5-20H,4H2,1-3H3;1H2/q+1;-1. The van der Waals surface area contributed by atoms with Crippen LogP contribution in [0.5, 0.6) is 0 Å². The molecule has 5 heteroatoms. The molecule has 5 rings (SSSR count). The lowest BCUT2D eigenvalue weighted by Gasteiger charge is -2.19. The van der Waals surface area contributed by atoms with E-state index in [0.717, 1.165) is 6.54 Å². The van der Waals surface area contributed by atoms with Crippen LogP contribution in [-0.4, -0.2) is 11.2 Å². The summed E-state index contributed by atoms with van der Waals surface area (Å²) in [6, 6.07) is 23.9. The fourth-order valence-corrected chi connectivity index (χ4v) is 5.47. The number of fused-ring (bicyclic) bond motifs is 4. The van der Waals surface area contributed by atoms with Gasteiger partial charge in [0.15, 0.2) is 6.20 Å². The quantitative estimate of drug-likeness (QED) is 0.111. The van der Waals surface area contributed by atoms with E-state index < -0.39 is 0 Å². The highest BCUT2D eigenvalue weighted by atomic mass is 127. The Hall–Kier alpha value is -2.61. The molecule has 0 fully saturated rings. The van der Waals surface area contributed by atoms with Crippen molar-refractivity contribution in [2.45, 2.75) is 18.7 Å². The van der Waals surface area contributed by atoms with Gasteiger partial charge in [-0.2, -0.15) is 0 Å². The Labute approximate surface area is 225 Å². The minimum Gasteiger partial charge on any atom is -0.847 e. The molecule has 3 nitrogen and oxygen atoms in total. The Morgan fingerprint density at radius 1 is 1.03 bits per heavy atom. The number of hydrogen-bond acceptors (Lipinski definition) is 3. The molecule has 0 N–H and O–H groups in total. The van der Waals surface area contributed by atoms with Gasteiger partial charge in [-0.15, -0.1) is 22.6 Å². The van der Waals surface area contributed by atoms with E-state index >= 15 is 0 Å². The topological polar surface area (TPSA) is 30.2 Å². The maximum Gasteiger partial charge on any atom is 0.212 e. The van der Waals surface area contributed by atoms with Crippen molar-refractivity contribution in [1.29, 1.82) is 0 Å². The second-order valence-corrected chi connectivity index (χ2v) is 9.92. The predicted octanol–water partition coefficient (Wildman–Crippen LogP) is 6.99. The first-order valence-corrected chi connectivity index (χ1v) is 14.0. The molecule has 0 saturated carbocycles. The summed E-state index contributed by atoms with van der Waals surface area (Å²) in [7, 11) is 2.09. The minimum absolute atomic E-state index is 0.0300. The number of thioether (sulfide) groups is 1. The second-order valence-electron chi connectivity index (χ2n) is 8.24. The maximum absolute atomic E-state index is 8.92. The van der Waals surface area contributed by atoms with Crippen LogP contribution >= 0.6 is 34.4 Å². The molecule has 1 aromatic heterocycles. The maximum atomic E-state index is 8.92. The molecule has 0 spiro atoms. The number of aromatic nitrogens is 1. The number of alkyl halides is 1. The Bertz CT molecular complexity index is 1440. The molecule has 0 unspecified atom stereocenters. The molecule has 0 radical (unpaired) electrons. The molecule has 0 atom stereocenters. The highest BCUT2D eigenvalue weighted by Gasteiger charge is 2.25. The first kappa shape index (κ1) is 25.5. The zero-order valence-electron chi connectivity index (χ0n) is 20.2. The van der Waals surface area contributed by atoms with Crippen molar-refractivity contribution in [2.75, 3.05) is 16.1 Å². The van der Waals surface area contributed by atoms with Crippen LogP contribution in [0.2, 0.25) is 0 Å². The smallest absolute Gasteiger partial charge is 0.212 e. The Morgan fingerprint density at radius 3 is 2.51 bits per heavy atom. The summed E-state index contributed by atoms with van der Waals surface area (Å²) in [5.41, 5.74) is 5.05. The van der Waals surface area contributed by atoms with Crippen LogP contribution in [0.25, 0.3) is 27.8 Å². The van der Waals surface area contributed by atoms with Crippen LogP contribution in [0.1, 0.15) is 19.4 Å². The number of pyridine rings is 1. The van der Waals surface area contributed by atoms with Gasteiger partial charge in [0.05, 0.1) is 16.1 Å². The number of anilines is 1. The van der Waals surface area contributed by atoms with E-state index in [1.54, 1.807) is 22.6 Å². The normalized spacial score (nSPS) is 14.6. The number of hydrogen-bond donors (Lipinski definition) is 0. The largest absolute Gasteiger partial charge is 0.847 e. The predicted molar refractivity (Wildman–Crippen MR) is 158 cm³/mol. The van der Waals surface area contributed by atoms with Gasteiger partial charge in [0, 0.05) is 29.0 Å². The first-order chi connectivity index (χ1) is 17.1. The summed E-state index contributed by atoms with van der Waals surface area (Å²) in [6.07, 6.45) is 11.0. The van der Waals surface area contributed by atoms with E-state index in [0.29, 0.717) is 0 Å². The van der Waals surface area contributed by atoms with Gasteiger partial charge in [0.25, 0.3) is 0 Å². The molecule has 4 aromatic rings. The van der Waals surface area contributed by atoms with Crippen molar-refractivity contribution in [1.82, 2.24) is 0 Å². The molecular formula is C30H29IN2OS. The average Bonchev–Trinajstić information content (AvgIpc) is 3.26. The van der Waals surface area contributed by atoms with Crippen LogP contribution in [0.3, 0.4) is 0 Å². The lowest BCUT2D eigenvalue weighted by molar-refractivity contribution is -0.644. The summed E-state index contributed by atoms with van der Waals surface area (Å²) in [4.78, 5) is 3.77. The SMILES string of the molecule is CCN1C(=CC=C(C)C=Cc2cc[n+](C)c3ccccc23)Sc2ccc3ccccc3c21.[O-]CI. The molecule has 178 valence electrons. The number of benzene rings is 3. The summed E-state index contributed by atoms with van der Waals surface area (Å²) < 4.78 is 2.13. The van der Waals surface area contributed by atoms with Gasteiger partial charge in [0.2, 0.25) is 5.52 Å². The fourth-order valence-electron chi connectivity index (χ4n) is 4.32. The van der Waals surface area contributed by atoms with Crippen molar-refractivity contribution >= 4 is 67.8 Å². The van der Waals surface area contributed by atoms with Crippen molar-refractivity contribution in [3.63, 3.8) is 0 Å². The van der Waals surface area contributed by atoms with Gasteiger partial charge in [0.1, 0.15) is 7.05 Å². The summed E-state index contributed by atoms with van der Waals surface area (Å²) in [6.45, 7) is 5.34. The first-order valence-electron chi connectivity index (χ1n) is 11.6. The molecule has 0 aliphatic carbocycles. The van der Waals surface area contributed by atoms with E-state index in [1.165, 1.54) is 48.4 Å². The van der Waals surface area contributed by atoms with Gasteiger partial charge >= 0.3 is 0 Å². The van der Waals surface area contributed by atoms with Crippen LogP contribution in [0.15, 0.2) is 107 Å². The minimum atomic E-state index is -0.0300. The summed E-state index contributed by atoms with van der Waals surface area (Å²) in [5, 5.41) is 14.1. The molecular weight excluding hydrogens is 563 g/mol. The molecule has 2 heterocycles. The van der Waals surface area contributed by atoms with Gasteiger partial charge in [-0.05, 0) is 43.0 Å². The number of para-hydroxylation sites is 1. The molecule has 1 aliphatic rings. The van der Waals surface area contributed by atoms with E-state index in [9.17, 15) is 0 Å². The van der Waals surface area contributed by atoms with Gasteiger partial charge < -0.3 is 10.0 Å². The number of allylic oxidation sites excluding steroid dienone is 4. The zero-order valence-corrected chi connectivity index (χ0v) is 23.2. The third kappa shape index (κ3) is 5.63. The van der Waals surface area contributed by atoms with Crippen LogP contribution in [-0.2, 0) is 7.05 Å². The van der Waals surface area contributed by atoms with Crippen molar-refractivity contribution in [3.05, 3.63) is 107 Å². The highest BCUT2D eigenvalue weighted by Crippen LogP contribution is 2.49. The lowest BCUT2D eigenvalue weighted by Crippen LogP contribution is -2.28. The van der Waals surface area contributed by atoms with E-state index in [4.69, 9.17) is 5.11 Å². The van der Waals surface area contributed by atoms with Gasteiger partial charge in [-0.3, -0.25) is 0 Å². The van der Waals surface area contributed by atoms with E-state index in [2.05, 4.69) is 128 Å². The van der Waals surface area contributed by atoms with Gasteiger partial charge in [-0.1, -0.05) is 82.6 Å². The molecule has 0 amide bonds. The van der Waals surface area contributed by atoms with Crippen LogP contribution < -0.4 is 14.6 Å². The number of nitrogens with zero attached hydrogens (tertiary/aromatic N) is 2. The molecule has 0 bridgehead atoms. The molecule has 3 aromatic carbocycles. The molecule has 0 saturated heterocycles. The van der Waals surface area contributed by atoms with E-state index in [1.807, 2.05) is 11.8 Å². The Balaban J connectivity index is 0.000000917. The van der Waals surface area contributed by atoms with Crippen molar-refractivity contribution < 1.29 is 9.67 Å². The monoisotopic (exact) mass is 592 g/mol. The van der Waals surface area contributed by atoms with Crippen LogP contribution in [0, 0.1) is 0 Å². The van der Waals surface area contributed by atoms with Crippen LogP contribution in [0.4, 0.5) is 5.69 Å². The van der Waals surface area contributed by atoms with Gasteiger partial charge in [-0.25, -0.2) is 4.57 Å². The fraction of sp³-hybridized carbons (Fsp3) is 0.167. The Kier molecular flexibility index (Phi) is 8.65. The molecule has 1 aliphatic heterocycles. The third-order valence-corrected chi connectivity index (χ3v) is 7.13. The summed E-state index contributed by atoms with van der Waals surface area (Å²) >= 11 is 3.59. The number of rotatable bonds is 4. The van der Waals surface area contributed by atoms with Crippen molar-refractivity contribution in [3.8, 4) is 0 Å². The second kappa shape index (κ2) is 11.9. The Morgan fingerprint density at radius 2 is 1.74 bits per heavy atom. The highest BCUT2D eigenvalue weighted by molar-refractivity contribution is 14.1. The third-order valence-electron chi connectivity index (χ3n) is 6.02. The zero-order chi connectivity index (χ0) is 24.8. The average molecular weight is 593 g/mol. The number of halogens is 1.